The van der Waals surface area contributed by atoms with Crippen LogP contribution in [-0.4, -0.2) is 33.0 Å². The number of hydrogen-bond acceptors (Lipinski definition) is 4. The molecule has 1 N–H and O–H groups in total. The fourth-order valence-corrected chi connectivity index (χ4v) is 3.07. The number of halogens is 1. The Hall–Kier alpha value is -0.520. The van der Waals surface area contributed by atoms with E-state index in [1.807, 2.05) is 6.92 Å². The zero-order chi connectivity index (χ0) is 11.5. The molecule has 1 fully saturated rings. The van der Waals surface area contributed by atoms with Crippen LogP contribution < -0.4 is 5.32 Å². The Balaban J connectivity index is 2.05. The summed E-state index contributed by atoms with van der Waals surface area (Å²) in [6.07, 6.45) is 2.70. The topological polar surface area (TPSA) is 54.9 Å². The van der Waals surface area contributed by atoms with Gasteiger partial charge >= 0.3 is 0 Å². The van der Waals surface area contributed by atoms with E-state index in [4.69, 9.17) is 11.6 Å². The third kappa shape index (κ3) is 2.78. The van der Waals surface area contributed by atoms with Crippen molar-refractivity contribution in [3.8, 4) is 0 Å². The van der Waals surface area contributed by atoms with E-state index >= 15 is 0 Å². The molecule has 0 radical (unpaired) electrons. The average molecular weight is 260 g/mol. The largest absolute Gasteiger partial charge is 0.316 e. The first kappa shape index (κ1) is 12.0. The van der Waals surface area contributed by atoms with Gasteiger partial charge < -0.3 is 5.32 Å². The summed E-state index contributed by atoms with van der Waals surface area (Å²) in [5, 5.41) is 3.99. The highest BCUT2D eigenvalue weighted by Crippen LogP contribution is 2.15. The Labute approximate surface area is 102 Å². The van der Waals surface area contributed by atoms with E-state index in [0.29, 0.717) is 22.0 Å². The minimum absolute atomic E-state index is 0.350. The summed E-state index contributed by atoms with van der Waals surface area (Å²) < 4.78 is 12.0. The fourth-order valence-electron chi connectivity index (χ4n) is 1.66. The standard InChI is InChI=1S/C10H14ClN3OS/c1-7-4-13-10(14-9(7)11)16(15)6-8-2-3-12-5-8/h4,8,12H,2-3,5-6H2,1H3/t8-,16-/m1/s1. The average Bonchev–Trinajstić information content (AvgIpc) is 2.74. The molecular formula is C10H14ClN3OS. The van der Waals surface area contributed by atoms with Crippen molar-refractivity contribution < 1.29 is 4.21 Å². The lowest BCUT2D eigenvalue weighted by Gasteiger charge is -2.07. The molecule has 1 aliphatic rings. The first-order chi connectivity index (χ1) is 7.66. The molecule has 2 atom stereocenters. The Kier molecular flexibility index (Phi) is 3.89. The van der Waals surface area contributed by atoms with E-state index in [2.05, 4.69) is 15.3 Å². The minimum atomic E-state index is -1.14. The van der Waals surface area contributed by atoms with Gasteiger partial charge in [0.15, 0.2) is 0 Å². The van der Waals surface area contributed by atoms with Crippen molar-refractivity contribution in [3.63, 3.8) is 0 Å². The minimum Gasteiger partial charge on any atom is -0.316 e. The summed E-state index contributed by atoms with van der Waals surface area (Å²) in [5.41, 5.74) is 0.810. The van der Waals surface area contributed by atoms with Crippen LogP contribution in [0.1, 0.15) is 12.0 Å². The Morgan fingerprint density at radius 2 is 2.50 bits per heavy atom. The maximum Gasteiger partial charge on any atom is 0.219 e. The van der Waals surface area contributed by atoms with Gasteiger partial charge in [0.2, 0.25) is 5.16 Å². The van der Waals surface area contributed by atoms with E-state index < -0.39 is 10.8 Å². The second-order valence-corrected chi connectivity index (χ2v) is 5.74. The van der Waals surface area contributed by atoms with Crippen LogP contribution in [0.5, 0.6) is 0 Å². The number of rotatable bonds is 3. The number of hydrogen-bond donors (Lipinski definition) is 1. The van der Waals surface area contributed by atoms with Gasteiger partial charge in [-0.15, -0.1) is 0 Å². The van der Waals surface area contributed by atoms with Gasteiger partial charge in [-0.1, -0.05) is 11.6 Å². The van der Waals surface area contributed by atoms with Crippen LogP contribution >= 0.6 is 11.6 Å². The first-order valence-corrected chi connectivity index (χ1v) is 6.94. The zero-order valence-electron chi connectivity index (χ0n) is 9.07. The SMILES string of the molecule is Cc1cnc([S@](=O)C[C@@H]2CCNC2)nc1Cl. The van der Waals surface area contributed by atoms with Crippen LogP contribution in [0.4, 0.5) is 0 Å². The number of nitrogens with one attached hydrogen (secondary N) is 1. The smallest absolute Gasteiger partial charge is 0.219 e. The van der Waals surface area contributed by atoms with E-state index in [-0.39, 0.29) is 0 Å². The molecule has 0 aliphatic carbocycles. The molecule has 1 aliphatic heterocycles. The van der Waals surface area contributed by atoms with Crippen molar-refractivity contribution >= 4 is 22.4 Å². The Morgan fingerprint density at radius 1 is 1.69 bits per heavy atom. The van der Waals surface area contributed by atoms with Crippen molar-refractivity contribution in [2.45, 2.75) is 18.5 Å². The number of aromatic nitrogens is 2. The van der Waals surface area contributed by atoms with Gasteiger partial charge in [0.25, 0.3) is 0 Å². The van der Waals surface area contributed by atoms with Gasteiger partial charge in [0.1, 0.15) is 5.15 Å². The quantitative estimate of drug-likeness (QED) is 0.654. The number of aryl methyl sites for hydroxylation is 1. The molecule has 2 rings (SSSR count). The first-order valence-electron chi connectivity index (χ1n) is 5.25. The van der Waals surface area contributed by atoms with Gasteiger partial charge in [0, 0.05) is 17.5 Å². The third-order valence-corrected chi connectivity index (χ3v) is 4.40. The van der Waals surface area contributed by atoms with Crippen LogP contribution in [0.15, 0.2) is 11.4 Å². The summed E-state index contributed by atoms with van der Waals surface area (Å²) in [4.78, 5) is 8.11. The predicted octanol–water partition coefficient (Wildman–Crippen LogP) is 1.16. The van der Waals surface area contributed by atoms with Gasteiger partial charge in [0.05, 0.1) is 10.8 Å². The molecular weight excluding hydrogens is 246 g/mol. The van der Waals surface area contributed by atoms with E-state index in [1.165, 1.54) is 0 Å². The monoisotopic (exact) mass is 259 g/mol. The van der Waals surface area contributed by atoms with Crippen molar-refractivity contribution in [1.82, 2.24) is 15.3 Å². The van der Waals surface area contributed by atoms with Crippen LogP contribution in [0.2, 0.25) is 5.15 Å². The van der Waals surface area contributed by atoms with E-state index in [1.54, 1.807) is 6.20 Å². The summed E-state index contributed by atoms with van der Waals surface area (Å²) in [6, 6.07) is 0. The molecule has 2 heterocycles. The lowest BCUT2D eigenvalue weighted by Crippen LogP contribution is -2.16. The molecule has 1 aromatic rings. The summed E-state index contributed by atoms with van der Waals surface area (Å²) >= 11 is 5.88. The third-order valence-electron chi connectivity index (χ3n) is 2.64. The maximum atomic E-state index is 12.0. The van der Waals surface area contributed by atoms with Crippen molar-refractivity contribution in [1.29, 1.82) is 0 Å². The predicted molar refractivity (Wildman–Crippen MR) is 64.0 cm³/mol. The molecule has 0 bridgehead atoms. The number of nitrogens with zero attached hydrogens (tertiary/aromatic N) is 2. The van der Waals surface area contributed by atoms with Gasteiger partial charge in [-0.05, 0) is 32.4 Å². The second-order valence-electron chi connectivity index (χ2n) is 4.00. The molecule has 0 amide bonds. The molecule has 0 saturated carbocycles. The summed E-state index contributed by atoms with van der Waals surface area (Å²) in [6.45, 7) is 3.78. The zero-order valence-corrected chi connectivity index (χ0v) is 10.6. The molecule has 16 heavy (non-hydrogen) atoms. The van der Waals surface area contributed by atoms with E-state index in [9.17, 15) is 4.21 Å². The normalized spacial score (nSPS) is 22.2. The highest BCUT2D eigenvalue weighted by Gasteiger charge is 2.19. The van der Waals surface area contributed by atoms with Gasteiger partial charge in [-0.25, -0.2) is 9.97 Å². The second kappa shape index (κ2) is 5.21. The summed E-state index contributed by atoms with van der Waals surface area (Å²) in [5.74, 6) is 1.08. The van der Waals surface area contributed by atoms with Crippen LogP contribution in [0.3, 0.4) is 0 Å². The van der Waals surface area contributed by atoms with Crippen LogP contribution in [-0.2, 0) is 10.8 Å². The molecule has 1 aromatic heterocycles. The lowest BCUT2D eigenvalue weighted by molar-refractivity contribution is 0.627. The van der Waals surface area contributed by atoms with Gasteiger partial charge in [-0.3, -0.25) is 4.21 Å². The Bertz CT molecular complexity index is 407. The molecule has 0 spiro atoms. The van der Waals surface area contributed by atoms with Gasteiger partial charge in [-0.2, -0.15) is 0 Å². The van der Waals surface area contributed by atoms with Crippen molar-refractivity contribution in [3.05, 3.63) is 16.9 Å². The molecule has 1 saturated heterocycles. The highest BCUT2D eigenvalue weighted by molar-refractivity contribution is 7.84. The Morgan fingerprint density at radius 3 is 3.12 bits per heavy atom. The molecule has 4 nitrogen and oxygen atoms in total. The van der Waals surface area contributed by atoms with Crippen LogP contribution in [0, 0.1) is 12.8 Å². The van der Waals surface area contributed by atoms with E-state index in [0.717, 1.165) is 25.1 Å². The van der Waals surface area contributed by atoms with Crippen molar-refractivity contribution in [2.24, 2.45) is 5.92 Å². The fraction of sp³-hybridized carbons (Fsp3) is 0.600. The van der Waals surface area contributed by atoms with Crippen LogP contribution in [0.25, 0.3) is 0 Å². The molecule has 0 aromatic carbocycles. The molecule has 88 valence electrons. The lowest BCUT2D eigenvalue weighted by atomic mass is 10.2. The highest BCUT2D eigenvalue weighted by atomic mass is 35.5. The molecule has 6 heteroatoms. The molecule has 0 unspecified atom stereocenters. The summed E-state index contributed by atoms with van der Waals surface area (Å²) in [7, 11) is -1.14. The van der Waals surface area contributed by atoms with Crippen molar-refractivity contribution in [2.75, 3.05) is 18.8 Å². The maximum absolute atomic E-state index is 12.0.